The van der Waals surface area contributed by atoms with Crippen molar-refractivity contribution >= 4 is 0 Å². The largest absolute Gasteiger partial charge is 0.309 e. The molecule has 0 aromatic carbocycles. The third-order valence-electron chi connectivity index (χ3n) is 3.55. The third kappa shape index (κ3) is 2.62. The molecule has 0 radical (unpaired) electrons. The molecule has 1 aromatic rings. The highest BCUT2D eigenvalue weighted by Gasteiger charge is 2.26. The Morgan fingerprint density at radius 1 is 1.44 bits per heavy atom. The molecule has 88 valence electrons. The van der Waals surface area contributed by atoms with Gasteiger partial charge in [0.15, 0.2) is 0 Å². The molecule has 0 saturated heterocycles. The van der Waals surface area contributed by atoms with Gasteiger partial charge < -0.3 is 5.32 Å². The predicted molar refractivity (Wildman–Crippen MR) is 67.3 cm³/mol. The highest BCUT2D eigenvalue weighted by atomic mass is 14.9. The summed E-state index contributed by atoms with van der Waals surface area (Å²) >= 11 is 0. The van der Waals surface area contributed by atoms with Crippen LogP contribution in [0.3, 0.4) is 0 Å². The highest BCUT2D eigenvalue weighted by Crippen LogP contribution is 2.35. The number of hydrogen-bond donors (Lipinski definition) is 1. The summed E-state index contributed by atoms with van der Waals surface area (Å²) in [6.45, 7) is 5.34. The van der Waals surface area contributed by atoms with E-state index in [2.05, 4.69) is 36.3 Å². The van der Waals surface area contributed by atoms with Crippen LogP contribution in [-0.4, -0.2) is 11.5 Å². The maximum atomic E-state index is 4.54. The van der Waals surface area contributed by atoms with Gasteiger partial charge in [0.05, 0.1) is 11.7 Å². The summed E-state index contributed by atoms with van der Waals surface area (Å²) in [6.07, 6.45) is 7.42. The SMILES string of the molecule is CCNC(c1cc(C)ccn1)C1CCCC1. The number of rotatable bonds is 4. The van der Waals surface area contributed by atoms with Crippen molar-refractivity contribution < 1.29 is 0 Å². The van der Waals surface area contributed by atoms with Gasteiger partial charge in [-0.25, -0.2) is 0 Å². The molecule has 0 amide bonds. The first-order valence-electron chi connectivity index (χ1n) is 6.47. The van der Waals surface area contributed by atoms with E-state index in [0.717, 1.165) is 12.5 Å². The molecule has 1 aliphatic rings. The van der Waals surface area contributed by atoms with E-state index >= 15 is 0 Å². The fraction of sp³-hybridized carbons (Fsp3) is 0.643. The smallest absolute Gasteiger partial charge is 0.0578 e. The van der Waals surface area contributed by atoms with Crippen LogP contribution in [0.15, 0.2) is 18.3 Å². The lowest BCUT2D eigenvalue weighted by Gasteiger charge is -2.24. The summed E-state index contributed by atoms with van der Waals surface area (Å²) in [7, 11) is 0. The maximum Gasteiger partial charge on any atom is 0.0578 e. The normalized spacial score (nSPS) is 18.9. The summed E-state index contributed by atoms with van der Waals surface area (Å²) in [5, 5.41) is 3.61. The first kappa shape index (κ1) is 11.6. The molecule has 0 spiro atoms. The number of pyridine rings is 1. The number of nitrogens with one attached hydrogen (secondary N) is 1. The van der Waals surface area contributed by atoms with Crippen LogP contribution >= 0.6 is 0 Å². The zero-order chi connectivity index (χ0) is 11.4. The maximum absolute atomic E-state index is 4.54. The zero-order valence-electron chi connectivity index (χ0n) is 10.4. The van der Waals surface area contributed by atoms with Crippen molar-refractivity contribution in [2.75, 3.05) is 6.54 Å². The lowest BCUT2D eigenvalue weighted by atomic mass is 9.94. The molecule has 1 saturated carbocycles. The van der Waals surface area contributed by atoms with E-state index in [1.807, 2.05) is 6.20 Å². The summed E-state index contributed by atoms with van der Waals surface area (Å²) in [4.78, 5) is 4.54. The molecule has 2 nitrogen and oxygen atoms in total. The summed E-state index contributed by atoms with van der Waals surface area (Å²) in [5.74, 6) is 0.786. The Balaban J connectivity index is 2.17. The summed E-state index contributed by atoms with van der Waals surface area (Å²) in [6, 6.07) is 4.76. The quantitative estimate of drug-likeness (QED) is 0.839. The van der Waals surface area contributed by atoms with Gasteiger partial charge in [-0.3, -0.25) is 4.98 Å². The molecule has 1 N–H and O–H groups in total. The Morgan fingerprint density at radius 3 is 2.81 bits per heavy atom. The monoisotopic (exact) mass is 218 g/mol. The van der Waals surface area contributed by atoms with Gasteiger partial charge in [0.25, 0.3) is 0 Å². The van der Waals surface area contributed by atoms with E-state index in [9.17, 15) is 0 Å². The molecule has 1 aliphatic carbocycles. The molecule has 0 aliphatic heterocycles. The van der Waals surface area contributed by atoms with Crippen LogP contribution in [0.5, 0.6) is 0 Å². The van der Waals surface area contributed by atoms with Crippen LogP contribution in [-0.2, 0) is 0 Å². The van der Waals surface area contributed by atoms with E-state index in [4.69, 9.17) is 0 Å². The van der Waals surface area contributed by atoms with Gasteiger partial charge in [-0.15, -0.1) is 0 Å². The molecular weight excluding hydrogens is 196 g/mol. The molecule has 1 unspecified atom stereocenters. The minimum atomic E-state index is 0.465. The van der Waals surface area contributed by atoms with Crippen LogP contribution in [0.25, 0.3) is 0 Å². The Bertz CT molecular complexity index is 329. The van der Waals surface area contributed by atoms with Crippen molar-refractivity contribution in [3.63, 3.8) is 0 Å². The van der Waals surface area contributed by atoms with Crippen molar-refractivity contribution in [2.45, 2.75) is 45.6 Å². The van der Waals surface area contributed by atoms with Gasteiger partial charge in [0.1, 0.15) is 0 Å². The van der Waals surface area contributed by atoms with Crippen molar-refractivity contribution in [3.05, 3.63) is 29.6 Å². The molecule has 0 bridgehead atoms. The predicted octanol–water partition coefficient (Wildman–Crippen LogP) is 3.23. The number of aryl methyl sites for hydroxylation is 1. The van der Waals surface area contributed by atoms with Gasteiger partial charge in [-0.2, -0.15) is 0 Å². The molecule has 1 atom stereocenters. The minimum Gasteiger partial charge on any atom is -0.309 e. The summed E-state index contributed by atoms with van der Waals surface area (Å²) in [5.41, 5.74) is 2.54. The number of aromatic nitrogens is 1. The Kier molecular flexibility index (Phi) is 3.94. The molecule has 2 heteroatoms. The van der Waals surface area contributed by atoms with Crippen LogP contribution in [0.2, 0.25) is 0 Å². The summed E-state index contributed by atoms with van der Waals surface area (Å²) < 4.78 is 0. The average Bonchev–Trinajstić information content (AvgIpc) is 2.79. The van der Waals surface area contributed by atoms with Crippen LogP contribution in [0, 0.1) is 12.8 Å². The number of hydrogen-bond acceptors (Lipinski definition) is 2. The topological polar surface area (TPSA) is 24.9 Å². The molecule has 1 fully saturated rings. The van der Waals surface area contributed by atoms with Gasteiger partial charge in [-0.1, -0.05) is 19.8 Å². The van der Waals surface area contributed by atoms with Crippen molar-refractivity contribution in [1.29, 1.82) is 0 Å². The zero-order valence-corrected chi connectivity index (χ0v) is 10.4. The molecule has 1 heterocycles. The van der Waals surface area contributed by atoms with Crippen LogP contribution < -0.4 is 5.32 Å². The van der Waals surface area contributed by atoms with Gasteiger partial charge >= 0.3 is 0 Å². The van der Waals surface area contributed by atoms with E-state index in [1.165, 1.54) is 36.9 Å². The molecule has 1 aromatic heterocycles. The van der Waals surface area contributed by atoms with E-state index in [-0.39, 0.29) is 0 Å². The fourth-order valence-corrected chi connectivity index (χ4v) is 2.75. The number of nitrogens with zero attached hydrogens (tertiary/aromatic N) is 1. The molecule has 16 heavy (non-hydrogen) atoms. The third-order valence-corrected chi connectivity index (χ3v) is 3.55. The highest BCUT2D eigenvalue weighted by molar-refractivity contribution is 5.18. The first-order chi connectivity index (χ1) is 7.81. The van der Waals surface area contributed by atoms with Crippen LogP contribution in [0.1, 0.15) is 49.9 Å². The Morgan fingerprint density at radius 2 is 2.19 bits per heavy atom. The van der Waals surface area contributed by atoms with Crippen molar-refractivity contribution in [3.8, 4) is 0 Å². The van der Waals surface area contributed by atoms with E-state index in [0.29, 0.717) is 6.04 Å². The molecular formula is C14H22N2. The lowest BCUT2D eigenvalue weighted by Crippen LogP contribution is -2.27. The standard InChI is InChI=1S/C14H22N2/c1-3-15-14(12-6-4-5-7-12)13-10-11(2)8-9-16-13/h8-10,12,14-15H,3-7H2,1-2H3. The van der Waals surface area contributed by atoms with Gasteiger partial charge in [0, 0.05) is 6.20 Å². The first-order valence-corrected chi connectivity index (χ1v) is 6.47. The second-order valence-corrected chi connectivity index (χ2v) is 4.84. The molecule has 2 rings (SSSR count). The van der Waals surface area contributed by atoms with Gasteiger partial charge in [0.2, 0.25) is 0 Å². The van der Waals surface area contributed by atoms with Crippen LogP contribution in [0.4, 0.5) is 0 Å². The van der Waals surface area contributed by atoms with Gasteiger partial charge in [-0.05, 0) is 49.9 Å². The lowest BCUT2D eigenvalue weighted by molar-refractivity contribution is 0.367. The van der Waals surface area contributed by atoms with E-state index < -0.39 is 0 Å². The minimum absolute atomic E-state index is 0.465. The van der Waals surface area contributed by atoms with Crippen molar-refractivity contribution in [1.82, 2.24) is 10.3 Å². The fourth-order valence-electron chi connectivity index (χ4n) is 2.75. The van der Waals surface area contributed by atoms with Crippen molar-refractivity contribution in [2.24, 2.45) is 5.92 Å². The second kappa shape index (κ2) is 5.44. The Labute approximate surface area is 98.5 Å². The van der Waals surface area contributed by atoms with E-state index in [1.54, 1.807) is 0 Å². The average molecular weight is 218 g/mol. The second-order valence-electron chi connectivity index (χ2n) is 4.84. The Hall–Kier alpha value is -0.890.